The van der Waals surface area contributed by atoms with Gasteiger partial charge in [0.15, 0.2) is 0 Å². The molecule has 0 aromatic heterocycles. The van der Waals surface area contributed by atoms with Gasteiger partial charge in [0, 0.05) is 0 Å². The van der Waals surface area contributed by atoms with Crippen molar-refractivity contribution < 1.29 is 14.5 Å². The molecule has 0 aromatic carbocycles. The van der Waals surface area contributed by atoms with E-state index in [-0.39, 0.29) is 0 Å². The first-order valence-corrected chi connectivity index (χ1v) is 4.30. The first kappa shape index (κ1) is 12.8. The maximum Gasteiger partial charge on any atom is 0.0681 e. The van der Waals surface area contributed by atoms with Crippen molar-refractivity contribution >= 4 is 0 Å². The lowest BCUT2D eigenvalue weighted by Crippen LogP contribution is -2.15. The topological polar surface area (TPSA) is 106 Å². The van der Waals surface area contributed by atoms with Crippen LogP contribution in [-0.4, -0.2) is 19.8 Å². The molecule has 80 valence electrons. The average Bonchev–Trinajstić information content (AvgIpc) is 2.17. The van der Waals surface area contributed by atoms with Crippen LogP contribution in [0.25, 0.3) is 0 Å². The Bertz CT molecular complexity index is 86.0. The maximum absolute atomic E-state index is 4.92. The van der Waals surface area contributed by atoms with E-state index in [2.05, 4.69) is 14.5 Å². The van der Waals surface area contributed by atoms with Crippen molar-refractivity contribution in [3.05, 3.63) is 0 Å². The third kappa shape index (κ3) is 8.10. The summed E-state index contributed by atoms with van der Waals surface area (Å²) in [5.41, 5.74) is 0. The highest BCUT2D eigenvalue weighted by molar-refractivity contribution is 4.58. The van der Waals surface area contributed by atoms with E-state index in [1.165, 1.54) is 0 Å². The SMILES string of the molecule is NOCCC(CCON)CCON. The van der Waals surface area contributed by atoms with Crippen molar-refractivity contribution in [1.29, 1.82) is 0 Å². The Balaban J connectivity index is 3.47. The van der Waals surface area contributed by atoms with E-state index >= 15 is 0 Å². The zero-order chi connectivity index (χ0) is 9.94. The van der Waals surface area contributed by atoms with Crippen molar-refractivity contribution in [3.8, 4) is 0 Å². The average molecular weight is 193 g/mol. The molecular weight excluding hydrogens is 174 g/mol. The number of nitrogens with two attached hydrogens (primary N) is 3. The molecule has 0 atom stereocenters. The minimum Gasteiger partial charge on any atom is -0.305 e. The summed E-state index contributed by atoms with van der Waals surface area (Å²) in [6.07, 6.45) is 2.59. The molecule has 0 aromatic rings. The van der Waals surface area contributed by atoms with Crippen molar-refractivity contribution in [2.24, 2.45) is 23.6 Å². The fourth-order valence-corrected chi connectivity index (χ4v) is 1.14. The molecule has 0 spiro atoms. The second kappa shape index (κ2) is 9.85. The zero-order valence-corrected chi connectivity index (χ0v) is 7.78. The Morgan fingerprint density at radius 3 is 1.23 bits per heavy atom. The Morgan fingerprint density at radius 2 is 1.00 bits per heavy atom. The molecule has 0 aliphatic carbocycles. The first-order chi connectivity index (χ1) is 6.35. The van der Waals surface area contributed by atoms with E-state index in [1.54, 1.807) is 0 Å². The van der Waals surface area contributed by atoms with Gasteiger partial charge in [-0.05, 0) is 25.2 Å². The number of rotatable bonds is 9. The van der Waals surface area contributed by atoms with Crippen LogP contribution < -0.4 is 17.7 Å². The molecule has 13 heavy (non-hydrogen) atoms. The Kier molecular flexibility index (Phi) is 9.66. The molecular formula is C7H19N3O3. The van der Waals surface area contributed by atoms with Crippen LogP contribution in [0, 0.1) is 5.92 Å². The summed E-state index contributed by atoms with van der Waals surface area (Å²) in [4.78, 5) is 13.5. The van der Waals surface area contributed by atoms with Gasteiger partial charge in [-0.25, -0.2) is 17.7 Å². The summed E-state index contributed by atoms with van der Waals surface area (Å²) in [6, 6.07) is 0. The van der Waals surface area contributed by atoms with Crippen molar-refractivity contribution in [2.45, 2.75) is 19.3 Å². The van der Waals surface area contributed by atoms with Gasteiger partial charge in [-0.3, -0.25) is 0 Å². The molecule has 6 nitrogen and oxygen atoms in total. The second-order valence-corrected chi connectivity index (χ2v) is 2.84. The normalized spacial score (nSPS) is 11.1. The molecule has 0 amide bonds. The van der Waals surface area contributed by atoms with Gasteiger partial charge in [-0.2, -0.15) is 0 Å². The summed E-state index contributed by atoms with van der Waals surface area (Å²) in [6.45, 7) is 1.58. The van der Waals surface area contributed by atoms with Gasteiger partial charge in [0.25, 0.3) is 0 Å². The molecule has 6 N–H and O–H groups in total. The lowest BCUT2D eigenvalue weighted by atomic mass is 9.99. The third-order valence-corrected chi connectivity index (χ3v) is 1.93. The third-order valence-electron chi connectivity index (χ3n) is 1.93. The minimum atomic E-state index is 0.427. The largest absolute Gasteiger partial charge is 0.305 e. The molecule has 0 radical (unpaired) electrons. The molecule has 0 fully saturated rings. The van der Waals surface area contributed by atoms with Crippen LogP contribution in [-0.2, 0) is 14.5 Å². The van der Waals surface area contributed by atoms with E-state index in [1.807, 2.05) is 0 Å². The van der Waals surface area contributed by atoms with Crippen molar-refractivity contribution in [2.75, 3.05) is 19.8 Å². The van der Waals surface area contributed by atoms with Crippen LogP contribution in [0.4, 0.5) is 0 Å². The van der Waals surface area contributed by atoms with Crippen LogP contribution in [0.2, 0.25) is 0 Å². The highest BCUT2D eigenvalue weighted by atomic mass is 16.6. The Hall–Kier alpha value is -0.240. The van der Waals surface area contributed by atoms with Crippen LogP contribution in [0.3, 0.4) is 0 Å². The van der Waals surface area contributed by atoms with Gasteiger partial charge in [0.05, 0.1) is 19.8 Å². The van der Waals surface area contributed by atoms with Crippen LogP contribution in [0.15, 0.2) is 0 Å². The molecule has 0 saturated heterocycles. The predicted octanol–water partition coefficient (Wildman–Crippen LogP) is -0.556. The molecule has 0 aliphatic rings. The van der Waals surface area contributed by atoms with Crippen molar-refractivity contribution in [3.63, 3.8) is 0 Å². The Labute approximate surface area is 78.2 Å². The van der Waals surface area contributed by atoms with Gasteiger partial charge < -0.3 is 14.5 Å². The molecule has 0 heterocycles. The standard InChI is InChI=1S/C7H19N3O3/c8-11-4-1-7(2-5-12-9)3-6-13-10/h7H,1-6,8-10H2. The van der Waals surface area contributed by atoms with Gasteiger partial charge in [-0.1, -0.05) is 0 Å². The Morgan fingerprint density at radius 1 is 0.692 bits per heavy atom. The summed E-state index contributed by atoms with van der Waals surface area (Å²) in [7, 11) is 0. The number of hydrogen-bond donors (Lipinski definition) is 3. The maximum atomic E-state index is 4.92. The summed E-state index contributed by atoms with van der Waals surface area (Å²) in [5, 5.41) is 0. The second-order valence-electron chi connectivity index (χ2n) is 2.84. The molecule has 0 saturated carbocycles. The van der Waals surface area contributed by atoms with E-state index in [0.717, 1.165) is 19.3 Å². The highest BCUT2D eigenvalue weighted by Crippen LogP contribution is 2.12. The quantitative estimate of drug-likeness (QED) is 0.424. The van der Waals surface area contributed by atoms with Crippen LogP contribution in [0.5, 0.6) is 0 Å². The van der Waals surface area contributed by atoms with Gasteiger partial charge in [0.2, 0.25) is 0 Å². The smallest absolute Gasteiger partial charge is 0.0681 e. The lowest BCUT2D eigenvalue weighted by Gasteiger charge is -2.14. The van der Waals surface area contributed by atoms with E-state index in [4.69, 9.17) is 17.7 Å². The summed E-state index contributed by atoms with van der Waals surface area (Å²) >= 11 is 0. The molecule has 0 rings (SSSR count). The molecule has 6 heteroatoms. The minimum absolute atomic E-state index is 0.427. The van der Waals surface area contributed by atoms with E-state index < -0.39 is 0 Å². The number of hydrogen-bond acceptors (Lipinski definition) is 6. The zero-order valence-electron chi connectivity index (χ0n) is 7.78. The van der Waals surface area contributed by atoms with Gasteiger partial charge in [-0.15, -0.1) is 0 Å². The predicted molar refractivity (Wildman–Crippen MR) is 47.8 cm³/mol. The molecule has 0 unspecified atom stereocenters. The van der Waals surface area contributed by atoms with Crippen LogP contribution in [0.1, 0.15) is 19.3 Å². The fraction of sp³-hybridized carbons (Fsp3) is 1.00. The van der Waals surface area contributed by atoms with E-state index in [0.29, 0.717) is 25.7 Å². The van der Waals surface area contributed by atoms with Crippen molar-refractivity contribution in [1.82, 2.24) is 0 Å². The first-order valence-electron chi connectivity index (χ1n) is 4.30. The van der Waals surface area contributed by atoms with Crippen LogP contribution >= 0.6 is 0 Å². The fourth-order valence-electron chi connectivity index (χ4n) is 1.14. The van der Waals surface area contributed by atoms with Gasteiger partial charge in [0.1, 0.15) is 0 Å². The highest BCUT2D eigenvalue weighted by Gasteiger charge is 2.08. The van der Waals surface area contributed by atoms with E-state index in [9.17, 15) is 0 Å². The summed E-state index contributed by atoms with van der Waals surface area (Å²) in [5.74, 6) is 15.2. The summed E-state index contributed by atoms with van der Waals surface area (Å²) < 4.78 is 0. The van der Waals surface area contributed by atoms with Gasteiger partial charge >= 0.3 is 0 Å². The molecule has 0 bridgehead atoms. The monoisotopic (exact) mass is 193 g/mol. The lowest BCUT2D eigenvalue weighted by molar-refractivity contribution is 0.0764. The molecule has 0 aliphatic heterocycles.